The van der Waals surface area contributed by atoms with Crippen molar-refractivity contribution in [1.29, 1.82) is 0 Å². The highest BCUT2D eigenvalue weighted by atomic mass is 15.1. The first-order valence-electron chi connectivity index (χ1n) is 3.46. The second-order valence-corrected chi connectivity index (χ2v) is 2.67. The second-order valence-electron chi connectivity index (χ2n) is 2.67. The van der Waals surface area contributed by atoms with Crippen LogP contribution in [0.3, 0.4) is 0 Å². The molecule has 0 spiro atoms. The van der Waals surface area contributed by atoms with E-state index in [0.29, 0.717) is 0 Å². The fraction of sp³-hybridized carbons (Fsp3) is 0.125. The molecule has 0 aliphatic rings. The van der Waals surface area contributed by atoms with Gasteiger partial charge in [0.05, 0.1) is 11.7 Å². The lowest BCUT2D eigenvalue weighted by Gasteiger charge is -1.97. The van der Waals surface area contributed by atoms with Gasteiger partial charge in [-0.25, -0.2) is 0 Å². The molecule has 2 rings (SSSR count). The first-order valence-corrected chi connectivity index (χ1v) is 3.46. The number of nitrogens with zero attached hydrogens (tertiary/aromatic N) is 1. The molecule has 0 saturated heterocycles. The Balaban J connectivity index is 2.86. The maximum absolute atomic E-state index is 5.70. The lowest BCUT2D eigenvalue weighted by atomic mass is 9.90. The van der Waals surface area contributed by atoms with Crippen LogP contribution in [-0.2, 0) is 0 Å². The van der Waals surface area contributed by atoms with Crippen molar-refractivity contribution in [2.45, 2.75) is 6.92 Å². The summed E-state index contributed by atoms with van der Waals surface area (Å²) in [5.41, 5.74) is 2.90. The molecule has 52 valence electrons. The highest BCUT2D eigenvalue weighted by Gasteiger charge is 1.97. The van der Waals surface area contributed by atoms with Crippen LogP contribution in [0.1, 0.15) is 5.56 Å². The molecular weight excluding hydrogens is 135 g/mol. The van der Waals surface area contributed by atoms with Gasteiger partial charge in [-0.1, -0.05) is 11.0 Å². The van der Waals surface area contributed by atoms with Crippen molar-refractivity contribution in [2.75, 3.05) is 0 Å². The Morgan fingerprint density at radius 2 is 2.27 bits per heavy atom. The van der Waals surface area contributed by atoms with E-state index in [1.165, 1.54) is 0 Å². The van der Waals surface area contributed by atoms with Gasteiger partial charge in [-0.15, -0.1) is 0 Å². The molecule has 1 aromatic heterocycles. The third kappa shape index (κ3) is 0.927. The first kappa shape index (κ1) is 6.46. The molecule has 2 nitrogen and oxygen atoms in total. The number of hydrogen-bond acceptors (Lipinski definition) is 1. The molecule has 3 heteroatoms. The number of benzene rings is 1. The van der Waals surface area contributed by atoms with Crippen LogP contribution in [0.4, 0.5) is 0 Å². The summed E-state index contributed by atoms with van der Waals surface area (Å²) in [6.07, 6.45) is 1.79. The van der Waals surface area contributed by atoms with Crippen LogP contribution >= 0.6 is 0 Å². The molecule has 0 amide bonds. The van der Waals surface area contributed by atoms with Crippen molar-refractivity contribution >= 4 is 24.2 Å². The summed E-state index contributed by atoms with van der Waals surface area (Å²) in [4.78, 5) is 0. The van der Waals surface area contributed by atoms with Gasteiger partial charge >= 0.3 is 0 Å². The normalized spacial score (nSPS) is 10.6. The smallest absolute Gasteiger partial charge is 0.114 e. The molecule has 0 aliphatic carbocycles. The summed E-state index contributed by atoms with van der Waals surface area (Å²) in [7, 11) is 5.70. The van der Waals surface area contributed by atoms with Gasteiger partial charge in [0, 0.05) is 5.39 Å². The van der Waals surface area contributed by atoms with Gasteiger partial charge in [-0.3, -0.25) is 5.10 Å². The average Bonchev–Trinajstić information content (AvgIpc) is 2.36. The van der Waals surface area contributed by atoms with Crippen molar-refractivity contribution in [3.63, 3.8) is 0 Å². The Labute approximate surface area is 66.0 Å². The number of aromatic amines is 1. The number of fused-ring (bicyclic) bond motifs is 1. The number of rotatable bonds is 0. The van der Waals surface area contributed by atoms with E-state index in [9.17, 15) is 0 Å². The summed E-state index contributed by atoms with van der Waals surface area (Å²) < 4.78 is 0. The van der Waals surface area contributed by atoms with E-state index in [1.54, 1.807) is 6.20 Å². The van der Waals surface area contributed by atoms with Gasteiger partial charge in [0.1, 0.15) is 7.85 Å². The van der Waals surface area contributed by atoms with Crippen LogP contribution in [0.5, 0.6) is 0 Å². The number of nitrogens with one attached hydrogen (secondary N) is 1. The highest BCUT2D eigenvalue weighted by Crippen LogP contribution is 2.09. The largest absolute Gasteiger partial charge is 0.278 e. The zero-order chi connectivity index (χ0) is 7.84. The Morgan fingerprint density at radius 1 is 1.45 bits per heavy atom. The standard InChI is InChI=1S/C8H7BN2/c1-5-2-6-4-10-11-8(6)3-7(5)9/h2-4H,1H3,(H,10,11). The van der Waals surface area contributed by atoms with Crippen LogP contribution in [0.2, 0.25) is 0 Å². The topological polar surface area (TPSA) is 28.7 Å². The summed E-state index contributed by atoms with van der Waals surface area (Å²) >= 11 is 0. The lowest BCUT2D eigenvalue weighted by molar-refractivity contribution is 1.12. The van der Waals surface area contributed by atoms with Gasteiger partial charge < -0.3 is 0 Å². The second kappa shape index (κ2) is 2.12. The third-order valence-corrected chi connectivity index (χ3v) is 1.83. The maximum Gasteiger partial charge on any atom is 0.114 e. The van der Waals surface area contributed by atoms with Crippen molar-refractivity contribution < 1.29 is 0 Å². The molecule has 11 heavy (non-hydrogen) atoms. The first-order chi connectivity index (χ1) is 5.27. The fourth-order valence-corrected chi connectivity index (χ4v) is 1.12. The monoisotopic (exact) mass is 142 g/mol. The van der Waals surface area contributed by atoms with Gasteiger partial charge in [-0.2, -0.15) is 5.10 Å². The van der Waals surface area contributed by atoms with Crippen molar-refractivity contribution in [3.05, 3.63) is 23.9 Å². The van der Waals surface area contributed by atoms with Gasteiger partial charge in [-0.05, 0) is 19.1 Å². The van der Waals surface area contributed by atoms with Crippen molar-refractivity contribution in [2.24, 2.45) is 0 Å². The zero-order valence-corrected chi connectivity index (χ0v) is 6.26. The minimum atomic E-state index is 0.807. The van der Waals surface area contributed by atoms with Gasteiger partial charge in [0.25, 0.3) is 0 Å². The number of hydrogen-bond donors (Lipinski definition) is 1. The number of H-pyrrole nitrogens is 1. The van der Waals surface area contributed by atoms with Gasteiger partial charge in [0.2, 0.25) is 0 Å². The fourth-order valence-electron chi connectivity index (χ4n) is 1.12. The SMILES string of the molecule is [B]c1cc2[nH]ncc2cc1C. The third-order valence-electron chi connectivity index (χ3n) is 1.83. The lowest BCUT2D eigenvalue weighted by Crippen LogP contribution is -2.05. The maximum atomic E-state index is 5.70. The quantitative estimate of drug-likeness (QED) is 0.538. The summed E-state index contributed by atoms with van der Waals surface area (Å²) in [5, 5.41) is 7.87. The predicted octanol–water partition coefficient (Wildman–Crippen LogP) is 0.665. The molecule has 2 aromatic rings. The zero-order valence-electron chi connectivity index (χ0n) is 6.26. The van der Waals surface area contributed by atoms with Crippen LogP contribution in [0.25, 0.3) is 10.9 Å². The number of aromatic nitrogens is 2. The van der Waals surface area contributed by atoms with Crippen molar-refractivity contribution in [1.82, 2.24) is 10.2 Å². The average molecular weight is 142 g/mol. The van der Waals surface area contributed by atoms with E-state index < -0.39 is 0 Å². The van der Waals surface area contributed by atoms with Crippen LogP contribution < -0.4 is 5.46 Å². The molecular formula is C8H7BN2. The molecule has 0 bridgehead atoms. The molecule has 0 atom stereocenters. The Bertz CT molecular complexity index is 356. The number of aryl methyl sites for hydroxylation is 1. The Morgan fingerprint density at radius 3 is 3.09 bits per heavy atom. The van der Waals surface area contributed by atoms with E-state index in [1.807, 2.05) is 19.1 Å². The summed E-state index contributed by atoms with van der Waals surface area (Å²) in [6, 6.07) is 3.92. The van der Waals surface area contributed by atoms with Crippen LogP contribution in [-0.4, -0.2) is 18.0 Å². The molecule has 0 fully saturated rings. The molecule has 1 heterocycles. The Hall–Kier alpha value is -1.25. The van der Waals surface area contributed by atoms with Crippen molar-refractivity contribution in [3.8, 4) is 0 Å². The molecule has 1 N–H and O–H groups in total. The molecule has 0 saturated carbocycles. The van der Waals surface area contributed by atoms with E-state index in [0.717, 1.165) is 21.9 Å². The van der Waals surface area contributed by atoms with Crippen LogP contribution in [0.15, 0.2) is 18.3 Å². The minimum Gasteiger partial charge on any atom is -0.278 e. The minimum absolute atomic E-state index is 0.807. The highest BCUT2D eigenvalue weighted by molar-refractivity contribution is 6.34. The Kier molecular flexibility index (Phi) is 1.25. The molecule has 1 aromatic carbocycles. The predicted molar refractivity (Wildman–Crippen MR) is 46.2 cm³/mol. The molecule has 2 radical (unpaired) electrons. The van der Waals surface area contributed by atoms with Gasteiger partial charge in [0.15, 0.2) is 0 Å². The van der Waals surface area contributed by atoms with E-state index in [-0.39, 0.29) is 0 Å². The molecule has 0 aliphatic heterocycles. The van der Waals surface area contributed by atoms with E-state index >= 15 is 0 Å². The summed E-state index contributed by atoms with van der Waals surface area (Å²) in [6.45, 7) is 1.99. The van der Waals surface area contributed by atoms with E-state index in [4.69, 9.17) is 7.85 Å². The summed E-state index contributed by atoms with van der Waals surface area (Å²) in [5.74, 6) is 0. The molecule has 0 unspecified atom stereocenters. The van der Waals surface area contributed by atoms with Crippen LogP contribution in [0, 0.1) is 6.92 Å². The van der Waals surface area contributed by atoms with E-state index in [2.05, 4.69) is 10.2 Å².